The average molecular weight is 255 g/mol. The summed E-state index contributed by atoms with van der Waals surface area (Å²) in [7, 11) is 0. The largest absolute Gasteiger partial charge is 0.316 e. The Morgan fingerprint density at radius 3 is 2.86 bits per heavy atom. The SMILES string of the molecule is NC(c1ccc(Br)cn1)c1nn[nH]n1. The highest BCUT2D eigenvalue weighted by atomic mass is 79.9. The Labute approximate surface area is 88.1 Å². The van der Waals surface area contributed by atoms with Gasteiger partial charge in [0.25, 0.3) is 0 Å². The molecular formula is C7H7BrN6. The van der Waals surface area contributed by atoms with Gasteiger partial charge in [0, 0.05) is 10.7 Å². The minimum absolute atomic E-state index is 0.430. The Balaban J connectivity index is 2.28. The molecule has 0 saturated carbocycles. The molecule has 2 aromatic heterocycles. The average Bonchev–Trinajstić information content (AvgIpc) is 2.71. The molecule has 0 aliphatic rings. The Morgan fingerprint density at radius 2 is 2.29 bits per heavy atom. The van der Waals surface area contributed by atoms with Gasteiger partial charge in [-0.15, -0.1) is 10.2 Å². The normalized spacial score (nSPS) is 12.7. The van der Waals surface area contributed by atoms with Crippen LogP contribution in [0.5, 0.6) is 0 Å². The number of nitrogens with two attached hydrogens (primary N) is 1. The third-order valence-corrected chi connectivity index (χ3v) is 2.18. The molecule has 0 spiro atoms. The van der Waals surface area contributed by atoms with Crippen LogP contribution < -0.4 is 5.73 Å². The van der Waals surface area contributed by atoms with Crippen molar-refractivity contribution in [3.8, 4) is 0 Å². The van der Waals surface area contributed by atoms with E-state index in [-0.39, 0.29) is 0 Å². The lowest BCUT2D eigenvalue weighted by atomic mass is 10.2. The Morgan fingerprint density at radius 1 is 1.43 bits per heavy atom. The zero-order chi connectivity index (χ0) is 9.97. The molecule has 2 aromatic rings. The molecule has 0 saturated heterocycles. The first-order valence-corrected chi connectivity index (χ1v) is 4.67. The second-order valence-electron chi connectivity index (χ2n) is 2.65. The smallest absolute Gasteiger partial charge is 0.197 e. The van der Waals surface area contributed by atoms with Gasteiger partial charge >= 0.3 is 0 Å². The fraction of sp³-hybridized carbons (Fsp3) is 0.143. The van der Waals surface area contributed by atoms with Crippen molar-refractivity contribution in [3.63, 3.8) is 0 Å². The van der Waals surface area contributed by atoms with Gasteiger partial charge in [0.05, 0.1) is 5.69 Å². The van der Waals surface area contributed by atoms with E-state index in [2.05, 4.69) is 41.5 Å². The van der Waals surface area contributed by atoms with E-state index in [1.807, 2.05) is 12.1 Å². The summed E-state index contributed by atoms with van der Waals surface area (Å²) in [5, 5.41) is 13.4. The highest BCUT2D eigenvalue weighted by Crippen LogP contribution is 2.14. The van der Waals surface area contributed by atoms with Crippen LogP contribution in [-0.4, -0.2) is 25.6 Å². The van der Waals surface area contributed by atoms with Gasteiger partial charge in [0.15, 0.2) is 5.82 Å². The van der Waals surface area contributed by atoms with E-state index in [1.54, 1.807) is 6.20 Å². The summed E-state index contributed by atoms with van der Waals surface area (Å²) in [5.41, 5.74) is 6.55. The van der Waals surface area contributed by atoms with Crippen molar-refractivity contribution in [3.05, 3.63) is 34.3 Å². The predicted molar refractivity (Wildman–Crippen MR) is 52.1 cm³/mol. The van der Waals surface area contributed by atoms with Crippen LogP contribution in [0.4, 0.5) is 0 Å². The van der Waals surface area contributed by atoms with Gasteiger partial charge in [-0.25, -0.2) is 0 Å². The molecule has 7 heteroatoms. The van der Waals surface area contributed by atoms with Gasteiger partial charge in [-0.1, -0.05) is 5.21 Å². The first-order valence-electron chi connectivity index (χ1n) is 3.88. The highest BCUT2D eigenvalue weighted by Gasteiger charge is 2.14. The predicted octanol–water partition coefficient (Wildman–Crippen LogP) is 0.405. The van der Waals surface area contributed by atoms with Gasteiger partial charge in [-0.2, -0.15) is 5.21 Å². The number of hydrogen-bond acceptors (Lipinski definition) is 5. The quantitative estimate of drug-likeness (QED) is 0.810. The van der Waals surface area contributed by atoms with Crippen LogP contribution in [0.2, 0.25) is 0 Å². The molecule has 72 valence electrons. The molecule has 0 radical (unpaired) electrons. The molecule has 0 aliphatic heterocycles. The molecule has 2 heterocycles. The number of halogens is 1. The van der Waals surface area contributed by atoms with Crippen LogP contribution in [0.15, 0.2) is 22.8 Å². The fourth-order valence-corrected chi connectivity index (χ4v) is 1.24. The molecule has 0 amide bonds. The van der Waals surface area contributed by atoms with Gasteiger partial charge in [0.2, 0.25) is 0 Å². The van der Waals surface area contributed by atoms with Crippen molar-refractivity contribution < 1.29 is 0 Å². The van der Waals surface area contributed by atoms with Crippen LogP contribution in [0.3, 0.4) is 0 Å². The zero-order valence-corrected chi connectivity index (χ0v) is 8.64. The molecule has 0 bridgehead atoms. The lowest BCUT2D eigenvalue weighted by molar-refractivity contribution is 0.757. The van der Waals surface area contributed by atoms with E-state index in [9.17, 15) is 0 Å². The van der Waals surface area contributed by atoms with Crippen molar-refractivity contribution in [1.82, 2.24) is 25.6 Å². The molecule has 6 nitrogen and oxygen atoms in total. The highest BCUT2D eigenvalue weighted by molar-refractivity contribution is 9.10. The number of nitrogens with one attached hydrogen (secondary N) is 1. The van der Waals surface area contributed by atoms with Gasteiger partial charge in [-0.3, -0.25) is 4.98 Å². The van der Waals surface area contributed by atoms with Crippen molar-refractivity contribution in [2.75, 3.05) is 0 Å². The monoisotopic (exact) mass is 254 g/mol. The van der Waals surface area contributed by atoms with E-state index in [4.69, 9.17) is 5.73 Å². The molecule has 3 N–H and O–H groups in total. The first kappa shape index (κ1) is 9.22. The number of H-pyrrole nitrogens is 1. The maximum atomic E-state index is 5.85. The maximum absolute atomic E-state index is 5.85. The second kappa shape index (κ2) is 3.81. The number of hydrogen-bond donors (Lipinski definition) is 2. The number of nitrogens with zero attached hydrogens (tertiary/aromatic N) is 4. The summed E-state index contributed by atoms with van der Waals surface area (Å²) in [6.45, 7) is 0. The van der Waals surface area contributed by atoms with Crippen LogP contribution in [0.1, 0.15) is 17.6 Å². The summed E-state index contributed by atoms with van der Waals surface area (Å²) in [4.78, 5) is 4.14. The Bertz CT molecular complexity index is 397. The lowest BCUT2D eigenvalue weighted by Gasteiger charge is -2.05. The minimum atomic E-state index is -0.443. The van der Waals surface area contributed by atoms with Crippen molar-refractivity contribution in [1.29, 1.82) is 0 Å². The number of aromatic amines is 1. The van der Waals surface area contributed by atoms with Crippen LogP contribution in [0.25, 0.3) is 0 Å². The van der Waals surface area contributed by atoms with Gasteiger partial charge < -0.3 is 5.73 Å². The summed E-state index contributed by atoms with van der Waals surface area (Å²) in [6.07, 6.45) is 1.68. The Kier molecular flexibility index (Phi) is 2.51. The molecular weight excluding hydrogens is 248 g/mol. The fourth-order valence-electron chi connectivity index (χ4n) is 1.00. The number of rotatable bonds is 2. The first-order chi connectivity index (χ1) is 6.77. The van der Waals surface area contributed by atoms with Gasteiger partial charge in [-0.05, 0) is 28.1 Å². The third kappa shape index (κ3) is 1.78. The summed E-state index contributed by atoms with van der Waals surface area (Å²) in [6, 6.07) is 3.23. The molecule has 0 aliphatic carbocycles. The molecule has 2 rings (SSSR count). The molecule has 0 fully saturated rings. The summed E-state index contributed by atoms with van der Waals surface area (Å²) < 4.78 is 0.904. The number of aromatic nitrogens is 5. The molecule has 14 heavy (non-hydrogen) atoms. The summed E-state index contributed by atoms with van der Waals surface area (Å²) >= 11 is 3.29. The number of pyridine rings is 1. The van der Waals surface area contributed by atoms with E-state index >= 15 is 0 Å². The topological polar surface area (TPSA) is 93.4 Å². The van der Waals surface area contributed by atoms with E-state index in [0.717, 1.165) is 4.47 Å². The van der Waals surface area contributed by atoms with E-state index < -0.39 is 6.04 Å². The van der Waals surface area contributed by atoms with Crippen molar-refractivity contribution >= 4 is 15.9 Å². The van der Waals surface area contributed by atoms with Gasteiger partial charge in [0.1, 0.15) is 6.04 Å². The van der Waals surface area contributed by atoms with Crippen LogP contribution in [0, 0.1) is 0 Å². The summed E-state index contributed by atoms with van der Waals surface area (Å²) in [5.74, 6) is 0.430. The lowest BCUT2D eigenvalue weighted by Crippen LogP contribution is -2.15. The minimum Gasteiger partial charge on any atom is -0.316 e. The second-order valence-corrected chi connectivity index (χ2v) is 3.56. The number of tetrazole rings is 1. The molecule has 0 aromatic carbocycles. The molecule has 1 atom stereocenters. The zero-order valence-electron chi connectivity index (χ0n) is 7.05. The van der Waals surface area contributed by atoms with Crippen LogP contribution in [-0.2, 0) is 0 Å². The third-order valence-electron chi connectivity index (χ3n) is 1.71. The standard InChI is InChI=1S/C7H7BrN6/c8-4-1-2-5(10-3-4)6(9)7-11-13-14-12-7/h1-3,6H,9H2,(H,11,12,13,14). The van der Waals surface area contributed by atoms with Crippen molar-refractivity contribution in [2.24, 2.45) is 5.73 Å². The maximum Gasteiger partial charge on any atom is 0.197 e. The van der Waals surface area contributed by atoms with Crippen molar-refractivity contribution in [2.45, 2.75) is 6.04 Å². The Hall–Kier alpha value is -1.34. The van der Waals surface area contributed by atoms with E-state index in [0.29, 0.717) is 11.5 Å². The molecule has 1 unspecified atom stereocenters. The van der Waals surface area contributed by atoms with Crippen LogP contribution >= 0.6 is 15.9 Å². The van der Waals surface area contributed by atoms with E-state index in [1.165, 1.54) is 0 Å².